The fourth-order valence-corrected chi connectivity index (χ4v) is 2.19. The molecule has 1 aromatic carbocycles. The van der Waals surface area contributed by atoms with Crippen molar-refractivity contribution in [2.24, 2.45) is 7.05 Å². The molecule has 5 nitrogen and oxygen atoms in total. The molecule has 2 aromatic rings. The van der Waals surface area contributed by atoms with E-state index >= 15 is 0 Å². The lowest BCUT2D eigenvalue weighted by Gasteiger charge is -2.24. The van der Waals surface area contributed by atoms with Gasteiger partial charge in [-0.1, -0.05) is 18.2 Å². The highest BCUT2D eigenvalue weighted by Gasteiger charge is 2.27. The van der Waals surface area contributed by atoms with Crippen LogP contribution in [0.5, 0.6) is 0 Å². The second-order valence-electron chi connectivity index (χ2n) is 4.70. The van der Waals surface area contributed by atoms with Crippen LogP contribution in [0.2, 0.25) is 0 Å². The fraction of sp³-hybridized carbons (Fsp3) is 0.286. The Bertz CT molecular complexity index is 612. The summed E-state index contributed by atoms with van der Waals surface area (Å²) >= 11 is 0. The van der Waals surface area contributed by atoms with Crippen LogP contribution in [0.25, 0.3) is 0 Å². The number of hydrogen-bond acceptors (Lipinski definition) is 3. The zero-order valence-electron chi connectivity index (χ0n) is 11.3. The van der Waals surface area contributed by atoms with Crippen LogP contribution in [-0.4, -0.2) is 32.8 Å². The average molecular weight is 277 g/mol. The molecule has 1 unspecified atom stereocenters. The van der Waals surface area contributed by atoms with E-state index in [1.54, 1.807) is 48.2 Å². The summed E-state index contributed by atoms with van der Waals surface area (Å²) in [4.78, 5) is 13.0. The van der Waals surface area contributed by atoms with Crippen molar-refractivity contribution in [3.8, 4) is 0 Å². The first-order chi connectivity index (χ1) is 9.49. The zero-order valence-corrected chi connectivity index (χ0v) is 11.3. The van der Waals surface area contributed by atoms with Crippen molar-refractivity contribution in [2.75, 3.05) is 7.05 Å². The van der Waals surface area contributed by atoms with E-state index in [4.69, 9.17) is 0 Å². The molecule has 1 heterocycles. The third kappa shape index (κ3) is 3.03. The maximum atomic E-state index is 13.8. The molecule has 0 aliphatic carbocycles. The van der Waals surface area contributed by atoms with Crippen LogP contribution in [0.1, 0.15) is 17.2 Å². The smallest absolute Gasteiger partial charge is 0.325 e. The molecule has 0 radical (unpaired) electrons. The highest BCUT2D eigenvalue weighted by molar-refractivity contribution is 5.75. The first-order valence-corrected chi connectivity index (χ1v) is 6.14. The Balaban J connectivity index is 2.25. The van der Waals surface area contributed by atoms with Gasteiger partial charge < -0.3 is 5.11 Å². The molecule has 6 heteroatoms. The van der Waals surface area contributed by atoms with Crippen LogP contribution in [0.15, 0.2) is 36.7 Å². The van der Waals surface area contributed by atoms with Crippen LogP contribution in [0.3, 0.4) is 0 Å². The number of rotatable bonds is 5. The summed E-state index contributed by atoms with van der Waals surface area (Å²) < 4.78 is 15.4. The van der Waals surface area contributed by atoms with Crippen LogP contribution < -0.4 is 0 Å². The molecule has 1 atom stereocenters. The fourth-order valence-electron chi connectivity index (χ4n) is 2.19. The van der Waals surface area contributed by atoms with Crippen LogP contribution in [-0.2, 0) is 18.4 Å². The highest BCUT2D eigenvalue weighted by atomic mass is 19.1. The number of aromatic nitrogens is 2. The van der Waals surface area contributed by atoms with Crippen molar-refractivity contribution in [2.45, 2.75) is 12.6 Å². The summed E-state index contributed by atoms with van der Waals surface area (Å²) in [6, 6.07) is 4.90. The molecule has 0 aliphatic heterocycles. The van der Waals surface area contributed by atoms with Crippen molar-refractivity contribution in [1.82, 2.24) is 14.7 Å². The lowest BCUT2D eigenvalue weighted by molar-refractivity contribution is -0.143. The molecule has 1 N–H and O–H groups in total. The Labute approximate surface area is 116 Å². The Hall–Kier alpha value is -2.21. The van der Waals surface area contributed by atoms with Gasteiger partial charge in [-0.05, 0) is 13.1 Å². The highest BCUT2D eigenvalue weighted by Crippen LogP contribution is 2.24. The number of carboxylic acid groups (broad SMARTS) is 1. The predicted octanol–water partition coefficient (Wildman–Crippen LogP) is 1.82. The quantitative estimate of drug-likeness (QED) is 0.905. The minimum atomic E-state index is -1.08. The van der Waals surface area contributed by atoms with Gasteiger partial charge in [-0.3, -0.25) is 14.4 Å². The number of aryl methyl sites for hydroxylation is 1. The number of aliphatic carboxylic acids is 1. The van der Waals surface area contributed by atoms with Gasteiger partial charge in [0.25, 0.3) is 0 Å². The van der Waals surface area contributed by atoms with Gasteiger partial charge in [0.15, 0.2) is 0 Å². The number of halogens is 1. The minimum Gasteiger partial charge on any atom is -0.480 e. The average Bonchev–Trinajstić information content (AvgIpc) is 2.77. The largest absolute Gasteiger partial charge is 0.480 e. The van der Waals surface area contributed by atoms with E-state index in [1.807, 2.05) is 0 Å². The van der Waals surface area contributed by atoms with Crippen LogP contribution >= 0.6 is 0 Å². The van der Waals surface area contributed by atoms with Gasteiger partial charge in [-0.2, -0.15) is 5.10 Å². The molecular formula is C14H16FN3O2. The number of carboxylic acids is 1. The van der Waals surface area contributed by atoms with Gasteiger partial charge in [-0.15, -0.1) is 0 Å². The van der Waals surface area contributed by atoms with Crippen molar-refractivity contribution >= 4 is 5.97 Å². The van der Waals surface area contributed by atoms with Crippen molar-refractivity contribution in [3.63, 3.8) is 0 Å². The number of nitrogens with zero attached hydrogens (tertiary/aromatic N) is 3. The van der Waals surface area contributed by atoms with Crippen LogP contribution in [0.4, 0.5) is 4.39 Å². The summed E-state index contributed by atoms with van der Waals surface area (Å²) in [6.45, 7) is 0.374. The molecular weight excluding hydrogens is 261 g/mol. The second kappa shape index (κ2) is 5.83. The van der Waals surface area contributed by atoms with E-state index in [1.165, 1.54) is 12.1 Å². The third-order valence-electron chi connectivity index (χ3n) is 3.06. The van der Waals surface area contributed by atoms with Crippen molar-refractivity contribution in [1.29, 1.82) is 0 Å². The van der Waals surface area contributed by atoms with Gasteiger partial charge in [0, 0.05) is 30.9 Å². The summed E-state index contributed by atoms with van der Waals surface area (Å²) in [5, 5.41) is 13.4. The Morgan fingerprint density at radius 3 is 2.75 bits per heavy atom. The molecule has 0 spiro atoms. The molecule has 1 aromatic heterocycles. The van der Waals surface area contributed by atoms with Gasteiger partial charge in [-0.25, -0.2) is 4.39 Å². The molecule has 0 saturated carbocycles. The molecule has 0 amide bonds. The molecule has 20 heavy (non-hydrogen) atoms. The topological polar surface area (TPSA) is 58.4 Å². The number of likely N-dealkylation sites (N-methyl/N-ethyl adjacent to an activating group) is 1. The van der Waals surface area contributed by atoms with Crippen molar-refractivity contribution < 1.29 is 14.3 Å². The van der Waals surface area contributed by atoms with Gasteiger partial charge in [0.2, 0.25) is 0 Å². The molecule has 0 fully saturated rings. The standard InChI is InChI=1S/C14H16FN3O2/c1-17(8-10-7-16-18(2)9-10)13(14(19)20)11-5-3-4-6-12(11)15/h3-7,9,13H,8H2,1-2H3,(H,19,20). The Morgan fingerprint density at radius 1 is 1.50 bits per heavy atom. The van der Waals surface area contributed by atoms with Gasteiger partial charge >= 0.3 is 5.97 Å². The van der Waals surface area contributed by atoms with E-state index < -0.39 is 17.8 Å². The molecule has 106 valence electrons. The number of hydrogen-bond donors (Lipinski definition) is 1. The van der Waals surface area contributed by atoms with Gasteiger partial charge in [0.05, 0.1) is 6.20 Å². The van der Waals surface area contributed by atoms with Crippen LogP contribution in [0, 0.1) is 5.82 Å². The second-order valence-corrected chi connectivity index (χ2v) is 4.70. The minimum absolute atomic E-state index is 0.159. The van der Waals surface area contributed by atoms with E-state index in [2.05, 4.69) is 5.10 Å². The Kier molecular flexibility index (Phi) is 4.14. The maximum absolute atomic E-state index is 13.8. The first-order valence-electron chi connectivity index (χ1n) is 6.14. The molecule has 0 aliphatic rings. The predicted molar refractivity (Wildman–Crippen MR) is 71.5 cm³/mol. The van der Waals surface area contributed by atoms with E-state index in [-0.39, 0.29) is 5.56 Å². The molecule has 0 saturated heterocycles. The lowest BCUT2D eigenvalue weighted by Crippen LogP contribution is -2.31. The SMILES string of the molecule is CN(Cc1cnn(C)c1)C(C(=O)O)c1ccccc1F. The Morgan fingerprint density at radius 2 is 2.20 bits per heavy atom. The summed E-state index contributed by atoms with van der Waals surface area (Å²) in [5.74, 6) is -1.60. The van der Waals surface area contributed by atoms with E-state index in [0.717, 1.165) is 5.56 Å². The van der Waals surface area contributed by atoms with E-state index in [0.29, 0.717) is 6.54 Å². The zero-order chi connectivity index (χ0) is 14.7. The molecule has 0 bridgehead atoms. The van der Waals surface area contributed by atoms with Gasteiger partial charge in [0.1, 0.15) is 11.9 Å². The summed E-state index contributed by atoms with van der Waals surface area (Å²) in [5.41, 5.74) is 1.03. The number of benzene rings is 1. The first kappa shape index (κ1) is 14.2. The van der Waals surface area contributed by atoms with E-state index in [9.17, 15) is 14.3 Å². The summed E-state index contributed by atoms with van der Waals surface area (Å²) in [7, 11) is 3.44. The summed E-state index contributed by atoms with van der Waals surface area (Å²) in [6.07, 6.45) is 3.47. The number of carbonyl (C=O) groups is 1. The monoisotopic (exact) mass is 277 g/mol. The normalized spacial score (nSPS) is 12.6. The maximum Gasteiger partial charge on any atom is 0.325 e. The molecule has 2 rings (SSSR count). The van der Waals surface area contributed by atoms with Crippen molar-refractivity contribution in [3.05, 3.63) is 53.6 Å². The lowest BCUT2D eigenvalue weighted by atomic mass is 10.0. The third-order valence-corrected chi connectivity index (χ3v) is 3.06.